The van der Waals surface area contributed by atoms with Crippen LogP contribution < -0.4 is 6.15 Å². The van der Waals surface area contributed by atoms with E-state index >= 15 is 0 Å². The van der Waals surface area contributed by atoms with Crippen LogP contribution in [0.25, 0.3) is 0 Å². The van der Waals surface area contributed by atoms with Gasteiger partial charge in [0.15, 0.2) is 0 Å². The minimum Gasteiger partial charge on any atom is -0.726 e. The summed E-state index contributed by atoms with van der Waals surface area (Å²) in [5.74, 6) is 0. The molecule has 10 heteroatoms. The maximum atomic E-state index is 9.19. The molecule has 0 bridgehead atoms. The molecule has 0 saturated heterocycles. The Balaban J connectivity index is -0.000000107. The average molecular weight is 211 g/mol. The van der Waals surface area contributed by atoms with E-state index in [1.165, 1.54) is 0 Å². The molecule has 0 aliphatic carbocycles. The van der Waals surface area contributed by atoms with Gasteiger partial charge in [-0.25, -0.2) is 8.42 Å². The van der Waals surface area contributed by atoms with Crippen LogP contribution in [0.3, 0.4) is 0 Å². The molecule has 0 amide bonds. The molecule has 11 heavy (non-hydrogen) atoms. The first kappa shape index (κ1) is 17.0. The second kappa shape index (κ2) is 5.40. The summed E-state index contributed by atoms with van der Waals surface area (Å²) in [7, 11) is -8.58. The van der Waals surface area contributed by atoms with Gasteiger partial charge in [-0.1, -0.05) is 0 Å². The fraction of sp³-hybridized carbons (Fsp3) is 1.00. The van der Waals surface area contributed by atoms with Crippen LogP contribution in [0.4, 0.5) is 0 Å². The summed E-state index contributed by atoms with van der Waals surface area (Å²) in [6, 6.07) is 0. The maximum Gasteiger partial charge on any atom is 0.261 e. The van der Waals surface area contributed by atoms with E-state index in [0.717, 1.165) is 0 Å². The molecule has 0 aromatic heterocycles. The fourth-order valence-electron chi connectivity index (χ4n) is 0. The van der Waals surface area contributed by atoms with Crippen LogP contribution in [0.1, 0.15) is 0 Å². The summed E-state index contributed by atoms with van der Waals surface area (Å²) in [5, 5.41) is 0. The van der Waals surface area contributed by atoms with Gasteiger partial charge >= 0.3 is 0 Å². The predicted octanol–water partition coefficient (Wildman–Crippen LogP) is -1.12. The van der Waals surface area contributed by atoms with Crippen molar-refractivity contribution < 1.29 is 30.5 Å². The first-order valence-electron chi connectivity index (χ1n) is 1.61. The summed E-state index contributed by atoms with van der Waals surface area (Å²) in [6.45, 7) is 0. The Morgan fingerprint density at radius 3 is 1.09 bits per heavy atom. The van der Waals surface area contributed by atoms with Crippen LogP contribution in [0, 0.1) is 0 Å². The van der Waals surface area contributed by atoms with Gasteiger partial charge in [-0.3, -0.25) is 9.11 Å². The molecular formula is CH9NO7S2. The van der Waals surface area contributed by atoms with Gasteiger partial charge in [0.1, 0.15) is 0 Å². The molecule has 6 N–H and O–H groups in total. The van der Waals surface area contributed by atoms with Crippen molar-refractivity contribution in [3.8, 4) is 0 Å². The van der Waals surface area contributed by atoms with Crippen LogP contribution in [0.2, 0.25) is 0 Å². The Kier molecular flexibility index (Phi) is 8.35. The van der Waals surface area contributed by atoms with Crippen molar-refractivity contribution in [1.82, 2.24) is 6.15 Å². The second-order valence-corrected chi connectivity index (χ2v) is 3.48. The molecule has 0 aliphatic heterocycles. The van der Waals surface area contributed by atoms with E-state index in [9.17, 15) is 8.42 Å². The Bertz CT molecular complexity index is 213. The first-order valence-corrected chi connectivity index (χ1v) is 4.82. The van der Waals surface area contributed by atoms with Crippen molar-refractivity contribution >= 4 is 20.5 Å². The molecule has 8 nitrogen and oxygen atoms in total. The number of hydrogen-bond donors (Lipinski definition) is 3. The minimum absolute atomic E-state index is 0. The van der Waals surface area contributed by atoms with Gasteiger partial charge in [0.25, 0.3) is 10.1 Å². The second-order valence-electron chi connectivity index (χ2n) is 1.16. The van der Waals surface area contributed by atoms with Gasteiger partial charge in [0, 0.05) is 0 Å². The van der Waals surface area contributed by atoms with Gasteiger partial charge < -0.3 is 10.7 Å². The molecule has 0 aromatic rings. The molecular weight excluding hydrogens is 202 g/mol. The van der Waals surface area contributed by atoms with E-state index in [1.54, 1.807) is 0 Å². The molecule has 0 heterocycles. The van der Waals surface area contributed by atoms with Gasteiger partial charge in [0.2, 0.25) is 10.4 Å². The van der Waals surface area contributed by atoms with Crippen LogP contribution in [-0.4, -0.2) is 36.7 Å². The highest BCUT2D eigenvalue weighted by atomic mass is 32.3. The summed E-state index contributed by atoms with van der Waals surface area (Å²) >= 11 is 0. The van der Waals surface area contributed by atoms with E-state index in [4.69, 9.17) is 22.1 Å². The topological polar surface area (TPSA) is 168 Å². The summed E-state index contributed by atoms with van der Waals surface area (Å²) in [6.07, 6.45) is 0.715. The summed E-state index contributed by atoms with van der Waals surface area (Å²) in [4.78, 5) is 0. The molecule has 0 fully saturated rings. The molecule has 0 rings (SSSR count). The molecule has 72 valence electrons. The lowest BCUT2D eigenvalue weighted by Gasteiger charge is -1.88. The Hall–Kier alpha value is -0.260. The molecule has 0 aliphatic rings. The molecule has 0 spiro atoms. The van der Waals surface area contributed by atoms with Gasteiger partial charge in [-0.15, -0.1) is 0 Å². The van der Waals surface area contributed by atoms with Crippen molar-refractivity contribution in [2.24, 2.45) is 0 Å². The van der Waals surface area contributed by atoms with E-state index in [0.29, 0.717) is 6.26 Å². The third kappa shape index (κ3) is 8630. The Morgan fingerprint density at radius 1 is 1.09 bits per heavy atom. The Labute approximate surface area is 64.1 Å². The monoisotopic (exact) mass is 211 g/mol. The zero-order valence-corrected chi connectivity index (χ0v) is 7.39. The van der Waals surface area contributed by atoms with Crippen LogP contribution >= 0.6 is 0 Å². The Morgan fingerprint density at radius 2 is 1.09 bits per heavy atom. The highest BCUT2D eigenvalue weighted by molar-refractivity contribution is 7.85. The quantitative estimate of drug-likeness (QED) is 0.336. The van der Waals surface area contributed by atoms with Gasteiger partial charge in [-0.05, 0) is 0 Å². The number of quaternary nitrogens is 1. The largest absolute Gasteiger partial charge is 0.726 e. The normalized spacial score (nSPS) is 10.5. The third-order valence-corrected chi connectivity index (χ3v) is 0. The van der Waals surface area contributed by atoms with E-state index in [-0.39, 0.29) is 6.15 Å². The molecule has 0 radical (unpaired) electrons. The highest BCUT2D eigenvalue weighted by Gasteiger charge is 1.81. The molecule has 0 aromatic carbocycles. The zero-order valence-electron chi connectivity index (χ0n) is 5.75. The third-order valence-electron chi connectivity index (χ3n) is 0. The van der Waals surface area contributed by atoms with Crippen molar-refractivity contribution in [3.05, 3.63) is 0 Å². The summed E-state index contributed by atoms with van der Waals surface area (Å²) in [5.41, 5.74) is 0. The molecule has 0 saturated carbocycles. The van der Waals surface area contributed by atoms with Gasteiger partial charge in [0.05, 0.1) is 6.26 Å². The number of hydrogen-bond acceptors (Lipinski definition) is 5. The van der Waals surface area contributed by atoms with Crippen LogP contribution in [0.15, 0.2) is 0 Å². The molecule has 0 atom stereocenters. The van der Waals surface area contributed by atoms with Crippen molar-refractivity contribution in [2.45, 2.75) is 0 Å². The zero-order chi connectivity index (χ0) is 9.00. The van der Waals surface area contributed by atoms with Crippen LogP contribution in [0.5, 0.6) is 0 Å². The average Bonchev–Trinajstić information content (AvgIpc) is 1.12. The van der Waals surface area contributed by atoms with Crippen molar-refractivity contribution in [3.63, 3.8) is 0 Å². The lowest BCUT2D eigenvalue weighted by atomic mass is 12.0. The highest BCUT2D eigenvalue weighted by Crippen LogP contribution is 1.60. The molecule has 0 unspecified atom stereocenters. The van der Waals surface area contributed by atoms with Crippen molar-refractivity contribution in [2.75, 3.05) is 6.26 Å². The number of rotatable bonds is 0. The lowest BCUT2D eigenvalue weighted by Crippen LogP contribution is -1.90. The lowest BCUT2D eigenvalue weighted by molar-refractivity contribution is 0.366. The van der Waals surface area contributed by atoms with Crippen molar-refractivity contribution in [1.29, 1.82) is 0 Å². The smallest absolute Gasteiger partial charge is 0.261 e. The first-order chi connectivity index (χ1) is 4.00. The minimum atomic E-state index is -4.92. The predicted molar refractivity (Wildman–Crippen MR) is 35.8 cm³/mol. The standard InChI is InChI=1S/CH4O3S.H3N.H2O4S/c1-5(2,3)4;;1-5(2,3)4/h1H3,(H,2,3,4);1H3;(H2,1,2,3,4). The fourth-order valence-corrected chi connectivity index (χ4v) is 0. The maximum absolute atomic E-state index is 9.19. The van der Waals surface area contributed by atoms with E-state index < -0.39 is 20.5 Å². The SMILES string of the molecule is CS(=O)(=O)O.O=S(=O)([O-])O.[NH4+]. The summed E-state index contributed by atoms with van der Waals surface area (Å²) < 4.78 is 58.7. The van der Waals surface area contributed by atoms with E-state index in [2.05, 4.69) is 0 Å². The van der Waals surface area contributed by atoms with E-state index in [1.807, 2.05) is 0 Å². The van der Waals surface area contributed by atoms with Crippen LogP contribution in [-0.2, 0) is 20.5 Å². The van der Waals surface area contributed by atoms with Gasteiger partial charge in [-0.2, -0.15) is 8.42 Å².